The third-order valence-electron chi connectivity index (χ3n) is 3.47. The van der Waals surface area contributed by atoms with Crippen molar-refractivity contribution in [2.45, 2.75) is 26.8 Å². The van der Waals surface area contributed by atoms with E-state index in [4.69, 9.17) is 0 Å². The maximum absolute atomic E-state index is 12.3. The summed E-state index contributed by atoms with van der Waals surface area (Å²) in [5.74, 6) is 0.305. The number of carbonyl (C=O) groups is 1. The average molecular weight is 328 g/mol. The van der Waals surface area contributed by atoms with Crippen LogP contribution in [0.4, 0.5) is 5.82 Å². The number of amides is 1. The number of carbonyl (C=O) groups excluding carboxylic acids is 1. The molecule has 1 unspecified atom stereocenters. The fourth-order valence-corrected chi connectivity index (χ4v) is 2.29. The van der Waals surface area contributed by atoms with E-state index in [1.165, 1.54) is 18.4 Å². The molecule has 0 aliphatic heterocycles. The molecule has 9 nitrogen and oxygen atoms in total. The van der Waals surface area contributed by atoms with Crippen molar-refractivity contribution in [1.82, 2.24) is 24.7 Å². The quantitative estimate of drug-likeness (QED) is 0.772. The predicted molar refractivity (Wildman–Crippen MR) is 84.9 cm³/mol. The number of hydrogen-bond donors (Lipinski definition) is 1. The Morgan fingerprint density at radius 2 is 2.04 bits per heavy atom. The van der Waals surface area contributed by atoms with Gasteiger partial charge in [-0.3, -0.25) is 9.59 Å². The highest BCUT2D eigenvalue weighted by molar-refractivity contribution is 5.92. The van der Waals surface area contributed by atoms with Crippen molar-refractivity contribution in [3.8, 4) is 5.82 Å². The summed E-state index contributed by atoms with van der Waals surface area (Å²) < 4.78 is 7.39. The summed E-state index contributed by atoms with van der Waals surface area (Å²) in [6.45, 7) is 5.33. The van der Waals surface area contributed by atoms with Crippen LogP contribution in [-0.2, 0) is 4.79 Å². The van der Waals surface area contributed by atoms with E-state index in [-0.39, 0.29) is 11.4 Å². The second kappa shape index (κ2) is 6.11. The summed E-state index contributed by atoms with van der Waals surface area (Å²) >= 11 is 0. The SMILES string of the molecule is Cc1cc(C)n(-c2ccc(=O)n(C(C)C(=O)Nc3ccon3)n2)n1. The van der Waals surface area contributed by atoms with Gasteiger partial charge in [0.2, 0.25) is 5.91 Å². The highest BCUT2D eigenvalue weighted by Gasteiger charge is 2.19. The predicted octanol–water partition coefficient (Wildman–Crippen LogP) is 1.23. The van der Waals surface area contributed by atoms with Gasteiger partial charge in [-0.15, -0.1) is 5.10 Å². The Hall–Kier alpha value is -3.23. The minimum Gasteiger partial charge on any atom is -0.363 e. The van der Waals surface area contributed by atoms with Gasteiger partial charge in [-0.25, -0.2) is 9.36 Å². The average Bonchev–Trinajstić information content (AvgIpc) is 3.16. The van der Waals surface area contributed by atoms with Gasteiger partial charge in [0.1, 0.15) is 12.3 Å². The lowest BCUT2D eigenvalue weighted by molar-refractivity contribution is -0.119. The van der Waals surface area contributed by atoms with Crippen LogP contribution in [0.15, 0.2) is 39.8 Å². The first-order chi connectivity index (χ1) is 11.5. The number of nitrogens with one attached hydrogen (secondary N) is 1. The molecule has 0 bridgehead atoms. The summed E-state index contributed by atoms with van der Waals surface area (Å²) in [5.41, 5.74) is 1.33. The Balaban J connectivity index is 1.92. The largest absolute Gasteiger partial charge is 0.363 e. The number of aryl methyl sites for hydroxylation is 2. The van der Waals surface area contributed by atoms with E-state index in [0.29, 0.717) is 5.82 Å². The molecular formula is C15H16N6O3. The van der Waals surface area contributed by atoms with Crippen LogP contribution in [0, 0.1) is 13.8 Å². The zero-order chi connectivity index (χ0) is 17.3. The number of nitrogens with zero attached hydrogens (tertiary/aromatic N) is 5. The Morgan fingerprint density at radius 3 is 2.67 bits per heavy atom. The highest BCUT2D eigenvalue weighted by Crippen LogP contribution is 2.11. The van der Waals surface area contributed by atoms with Gasteiger partial charge in [-0.1, -0.05) is 5.16 Å². The summed E-state index contributed by atoms with van der Waals surface area (Å²) in [6.07, 6.45) is 1.34. The maximum Gasteiger partial charge on any atom is 0.267 e. The Kier molecular flexibility index (Phi) is 3.98. The van der Waals surface area contributed by atoms with Gasteiger partial charge in [0.15, 0.2) is 11.6 Å². The van der Waals surface area contributed by atoms with Crippen LogP contribution in [0.3, 0.4) is 0 Å². The molecule has 0 aliphatic rings. The van der Waals surface area contributed by atoms with Crippen LogP contribution in [0.5, 0.6) is 0 Å². The van der Waals surface area contributed by atoms with Gasteiger partial charge in [0.25, 0.3) is 5.56 Å². The van der Waals surface area contributed by atoms with Crippen molar-refractivity contribution in [3.05, 3.63) is 52.3 Å². The molecule has 3 heterocycles. The number of anilines is 1. The standard InChI is InChI=1S/C15H16N6O3/c1-9-8-10(2)20(17-9)13-4-5-14(22)21(18-13)11(3)15(23)16-12-6-7-24-19-12/h4-8,11H,1-3H3,(H,16,19,23). The molecule has 3 aromatic rings. The highest BCUT2D eigenvalue weighted by atomic mass is 16.5. The first-order valence-corrected chi connectivity index (χ1v) is 7.30. The van der Waals surface area contributed by atoms with Crippen molar-refractivity contribution >= 4 is 11.7 Å². The van der Waals surface area contributed by atoms with Crippen LogP contribution in [0.25, 0.3) is 5.82 Å². The smallest absolute Gasteiger partial charge is 0.267 e. The summed E-state index contributed by atoms with van der Waals surface area (Å²) in [6, 6.07) is 5.51. The molecule has 1 amide bonds. The lowest BCUT2D eigenvalue weighted by Crippen LogP contribution is -2.33. The first-order valence-electron chi connectivity index (χ1n) is 7.30. The van der Waals surface area contributed by atoms with Crippen molar-refractivity contribution < 1.29 is 9.32 Å². The van der Waals surface area contributed by atoms with Crippen LogP contribution >= 0.6 is 0 Å². The molecule has 24 heavy (non-hydrogen) atoms. The summed E-state index contributed by atoms with van der Waals surface area (Å²) in [5, 5.41) is 14.8. The molecule has 0 aliphatic carbocycles. The maximum atomic E-state index is 12.3. The van der Waals surface area contributed by atoms with E-state index >= 15 is 0 Å². The molecule has 0 saturated carbocycles. The molecule has 3 rings (SSSR count). The second-order valence-electron chi connectivity index (χ2n) is 5.36. The zero-order valence-electron chi connectivity index (χ0n) is 13.4. The van der Waals surface area contributed by atoms with Crippen LogP contribution in [0.1, 0.15) is 24.4 Å². The number of aromatic nitrogens is 5. The van der Waals surface area contributed by atoms with Crippen LogP contribution in [-0.4, -0.2) is 30.6 Å². The Labute approximate surface area is 136 Å². The molecule has 1 atom stereocenters. The topological polar surface area (TPSA) is 108 Å². The van der Waals surface area contributed by atoms with Gasteiger partial charge >= 0.3 is 0 Å². The minimum absolute atomic E-state index is 0.273. The fourth-order valence-electron chi connectivity index (χ4n) is 2.29. The van der Waals surface area contributed by atoms with Crippen LogP contribution in [0.2, 0.25) is 0 Å². The van der Waals surface area contributed by atoms with Gasteiger partial charge < -0.3 is 9.84 Å². The Bertz CT molecular complexity index is 925. The molecule has 0 fully saturated rings. The molecule has 0 spiro atoms. The van der Waals surface area contributed by atoms with E-state index in [0.717, 1.165) is 16.1 Å². The molecule has 3 aromatic heterocycles. The van der Waals surface area contributed by atoms with E-state index < -0.39 is 11.9 Å². The Morgan fingerprint density at radius 1 is 1.25 bits per heavy atom. The number of rotatable bonds is 4. The molecule has 0 aromatic carbocycles. The zero-order valence-corrected chi connectivity index (χ0v) is 13.4. The van der Waals surface area contributed by atoms with Crippen LogP contribution < -0.4 is 10.9 Å². The van der Waals surface area contributed by atoms with Gasteiger partial charge in [-0.05, 0) is 32.9 Å². The molecular weight excluding hydrogens is 312 g/mol. The van der Waals surface area contributed by atoms with Gasteiger partial charge in [-0.2, -0.15) is 5.10 Å². The lowest BCUT2D eigenvalue weighted by Gasteiger charge is -2.14. The molecule has 0 saturated heterocycles. The lowest BCUT2D eigenvalue weighted by atomic mass is 10.3. The van der Waals surface area contributed by atoms with E-state index in [1.807, 2.05) is 19.9 Å². The third kappa shape index (κ3) is 2.96. The minimum atomic E-state index is -0.828. The second-order valence-corrected chi connectivity index (χ2v) is 5.36. The fraction of sp³-hybridized carbons (Fsp3) is 0.267. The third-order valence-corrected chi connectivity index (χ3v) is 3.47. The van der Waals surface area contributed by atoms with E-state index in [9.17, 15) is 9.59 Å². The van der Waals surface area contributed by atoms with Crippen molar-refractivity contribution in [2.24, 2.45) is 0 Å². The van der Waals surface area contributed by atoms with Gasteiger partial charge in [0.05, 0.1) is 5.69 Å². The molecule has 9 heteroatoms. The van der Waals surface area contributed by atoms with E-state index in [2.05, 4.69) is 25.2 Å². The van der Waals surface area contributed by atoms with Crippen molar-refractivity contribution in [1.29, 1.82) is 0 Å². The monoisotopic (exact) mass is 328 g/mol. The summed E-state index contributed by atoms with van der Waals surface area (Å²) in [7, 11) is 0. The van der Waals surface area contributed by atoms with Gasteiger partial charge in [0, 0.05) is 17.8 Å². The van der Waals surface area contributed by atoms with Crippen molar-refractivity contribution in [2.75, 3.05) is 5.32 Å². The van der Waals surface area contributed by atoms with E-state index in [1.54, 1.807) is 17.7 Å². The molecule has 1 N–H and O–H groups in total. The normalized spacial score (nSPS) is 12.1. The summed E-state index contributed by atoms with van der Waals surface area (Å²) in [4.78, 5) is 24.4. The first kappa shape index (κ1) is 15.7. The molecule has 0 radical (unpaired) electrons. The number of hydrogen-bond acceptors (Lipinski definition) is 6. The molecule has 124 valence electrons. The van der Waals surface area contributed by atoms with Crippen molar-refractivity contribution in [3.63, 3.8) is 0 Å².